The minimum atomic E-state index is -1.06. The largest absolute Gasteiger partial charge is 0.463 e. The zero-order valence-corrected chi connectivity index (χ0v) is 21.4. The van der Waals surface area contributed by atoms with E-state index in [9.17, 15) is 9.59 Å². The predicted molar refractivity (Wildman–Crippen MR) is 150 cm³/mol. The number of aromatic nitrogens is 2. The van der Waals surface area contributed by atoms with E-state index in [0.717, 1.165) is 0 Å². The Morgan fingerprint density at radius 1 is 0.700 bits per heavy atom. The van der Waals surface area contributed by atoms with Crippen LogP contribution in [0.25, 0.3) is 33.9 Å². The van der Waals surface area contributed by atoms with Crippen LogP contribution in [0.15, 0.2) is 124 Å². The van der Waals surface area contributed by atoms with Crippen LogP contribution in [0.2, 0.25) is 0 Å². The number of ether oxygens (including phenoxy) is 1. The molecule has 8 nitrogen and oxygen atoms in total. The fourth-order valence-corrected chi connectivity index (χ4v) is 4.37. The monoisotopic (exact) mass is 529 g/mol. The molecule has 1 atom stereocenters. The molecule has 0 N–H and O–H groups in total. The molecule has 3 aromatic carbocycles. The number of fused-ring (bicyclic) bond motifs is 1. The smallest absolute Gasteiger partial charge is 0.338 e. The topological polar surface area (TPSA) is 98.7 Å². The molecule has 0 fully saturated rings. The van der Waals surface area contributed by atoms with Crippen LogP contribution in [0.1, 0.15) is 17.3 Å². The van der Waals surface area contributed by atoms with Gasteiger partial charge in [-0.3, -0.25) is 9.69 Å². The number of carbonyl (C=O) groups excluding carboxylic acids is 2. The summed E-state index contributed by atoms with van der Waals surface area (Å²) < 4.78 is 16.8. The second kappa shape index (κ2) is 10.7. The molecular formula is C32H23N3O5. The maximum atomic E-state index is 13.6. The minimum absolute atomic E-state index is 0.239. The number of furan rings is 2. The first-order chi connectivity index (χ1) is 19.6. The molecule has 0 aliphatic rings. The number of carbonyl (C=O) groups is 2. The summed E-state index contributed by atoms with van der Waals surface area (Å²) >= 11 is 0. The first-order valence-corrected chi connectivity index (χ1v) is 12.6. The molecule has 40 heavy (non-hydrogen) atoms. The van der Waals surface area contributed by atoms with Crippen LogP contribution in [-0.2, 0) is 9.53 Å². The Kier molecular flexibility index (Phi) is 6.64. The Morgan fingerprint density at radius 2 is 1.25 bits per heavy atom. The van der Waals surface area contributed by atoms with Crippen molar-refractivity contribution in [2.75, 3.05) is 4.90 Å². The third-order valence-electron chi connectivity index (χ3n) is 6.29. The molecule has 0 saturated carbocycles. The molecule has 3 heterocycles. The van der Waals surface area contributed by atoms with Crippen molar-refractivity contribution < 1.29 is 23.2 Å². The molecule has 0 aliphatic heterocycles. The van der Waals surface area contributed by atoms with Crippen molar-refractivity contribution in [1.82, 2.24) is 9.97 Å². The number of nitrogens with zero attached hydrogens (tertiary/aromatic N) is 3. The number of benzene rings is 3. The Balaban J connectivity index is 1.29. The van der Waals surface area contributed by atoms with Crippen LogP contribution >= 0.6 is 0 Å². The third kappa shape index (κ3) is 4.86. The van der Waals surface area contributed by atoms with E-state index >= 15 is 0 Å². The fourth-order valence-electron chi connectivity index (χ4n) is 4.37. The van der Waals surface area contributed by atoms with Gasteiger partial charge in [0, 0.05) is 11.4 Å². The average molecular weight is 530 g/mol. The molecule has 6 rings (SSSR count). The summed E-state index contributed by atoms with van der Waals surface area (Å²) in [6.07, 6.45) is 2.05. The molecule has 0 bridgehead atoms. The molecule has 0 spiro atoms. The lowest BCUT2D eigenvalue weighted by atomic mass is 10.1. The number of anilines is 2. The first-order valence-electron chi connectivity index (χ1n) is 12.6. The second-order valence-electron chi connectivity index (χ2n) is 8.97. The van der Waals surface area contributed by atoms with Gasteiger partial charge in [0.05, 0.1) is 29.1 Å². The van der Waals surface area contributed by atoms with Crippen LogP contribution in [0.4, 0.5) is 11.4 Å². The lowest BCUT2D eigenvalue weighted by molar-refractivity contribution is -0.125. The van der Waals surface area contributed by atoms with Gasteiger partial charge in [0.15, 0.2) is 17.6 Å². The molecule has 8 heteroatoms. The second-order valence-corrected chi connectivity index (χ2v) is 8.97. The van der Waals surface area contributed by atoms with Crippen LogP contribution in [0.3, 0.4) is 0 Å². The van der Waals surface area contributed by atoms with E-state index in [1.54, 1.807) is 61.9 Å². The molecule has 1 amide bonds. The van der Waals surface area contributed by atoms with Gasteiger partial charge < -0.3 is 13.6 Å². The summed E-state index contributed by atoms with van der Waals surface area (Å²) in [4.78, 5) is 37.7. The first kappa shape index (κ1) is 24.8. The van der Waals surface area contributed by atoms with Crippen LogP contribution in [-0.4, -0.2) is 27.9 Å². The highest BCUT2D eigenvalue weighted by Gasteiger charge is 2.27. The lowest BCUT2D eigenvalue weighted by Crippen LogP contribution is -2.37. The Labute approximate surface area is 229 Å². The Hall–Kier alpha value is -5.50. The zero-order valence-electron chi connectivity index (χ0n) is 21.4. The highest BCUT2D eigenvalue weighted by molar-refractivity contribution is 6.04. The fraction of sp³-hybridized carbons (Fsp3) is 0.0625. The highest BCUT2D eigenvalue weighted by atomic mass is 16.5. The van der Waals surface area contributed by atoms with Crippen molar-refractivity contribution in [2.45, 2.75) is 13.0 Å². The molecule has 0 radical (unpaired) electrons. The van der Waals surface area contributed by atoms with Crippen molar-refractivity contribution >= 4 is 34.3 Å². The maximum absolute atomic E-state index is 13.6. The third-order valence-corrected chi connectivity index (χ3v) is 6.29. The van der Waals surface area contributed by atoms with Gasteiger partial charge in [-0.05, 0) is 73.7 Å². The molecule has 0 saturated heterocycles. The summed E-state index contributed by atoms with van der Waals surface area (Å²) in [5, 5.41) is 0. The summed E-state index contributed by atoms with van der Waals surface area (Å²) in [7, 11) is 0. The van der Waals surface area contributed by atoms with Crippen molar-refractivity contribution in [2.24, 2.45) is 0 Å². The molecule has 6 aromatic rings. The van der Waals surface area contributed by atoms with E-state index < -0.39 is 12.1 Å². The van der Waals surface area contributed by atoms with Crippen molar-refractivity contribution in [1.29, 1.82) is 0 Å². The standard InChI is InChI=1S/C32H23N3O5/c1-21(31(36)35(23-10-4-2-5-11-23)24-12-6-3-7-13-24)40-32(37)22-16-17-25-26(20-22)34-30(28-15-9-19-39-28)29(33-25)27-14-8-18-38-27/h2-21H,1H3. The SMILES string of the molecule is CC(OC(=O)c1ccc2nc(-c3ccco3)c(-c3ccco3)nc2c1)C(=O)N(c1ccccc1)c1ccccc1. The normalized spacial score (nSPS) is 11.7. The summed E-state index contributed by atoms with van der Waals surface area (Å²) in [6.45, 7) is 1.56. The van der Waals surface area contributed by atoms with Gasteiger partial charge in [-0.25, -0.2) is 14.8 Å². The minimum Gasteiger partial charge on any atom is -0.463 e. The van der Waals surface area contributed by atoms with Crippen molar-refractivity contribution in [3.63, 3.8) is 0 Å². The quantitative estimate of drug-likeness (QED) is 0.204. The van der Waals surface area contributed by atoms with Gasteiger partial charge >= 0.3 is 5.97 Å². The Bertz CT molecular complexity index is 1730. The van der Waals surface area contributed by atoms with Gasteiger partial charge in [0.25, 0.3) is 5.91 Å². The molecule has 196 valence electrons. The summed E-state index contributed by atoms with van der Waals surface area (Å²) in [5.74, 6) is 0.0164. The van der Waals surface area contributed by atoms with Gasteiger partial charge in [-0.15, -0.1) is 0 Å². The number of para-hydroxylation sites is 2. The van der Waals surface area contributed by atoms with E-state index in [4.69, 9.17) is 23.5 Å². The molecule has 1 unspecified atom stereocenters. The van der Waals surface area contributed by atoms with E-state index in [-0.39, 0.29) is 11.5 Å². The number of esters is 1. The molecular weight excluding hydrogens is 506 g/mol. The van der Waals surface area contributed by atoms with Gasteiger partial charge in [0.2, 0.25) is 0 Å². The molecule has 0 aliphatic carbocycles. The van der Waals surface area contributed by atoms with Gasteiger partial charge in [-0.1, -0.05) is 36.4 Å². The number of hydrogen-bond donors (Lipinski definition) is 0. The van der Waals surface area contributed by atoms with E-state index in [0.29, 0.717) is 45.3 Å². The number of hydrogen-bond acceptors (Lipinski definition) is 7. The maximum Gasteiger partial charge on any atom is 0.338 e. The highest BCUT2D eigenvalue weighted by Crippen LogP contribution is 2.32. The van der Waals surface area contributed by atoms with Crippen LogP contribution in [0.5, 0.6) is 0 Å². The van der Waals surface area contributed by atoms with Crippen molar-refractivity contribution in [3.8, 4) is 22.9 Å². The van der Waals surface area contributed by atoms with E-state index in [1.807, 2.05) is 60.7 Å². The average Bonchev–Trinajstić information content (AvgIpc) is 3.73. The predicted octanol–water partition coefficient (Wildman–Crippen LogP) is 7.06. The van der Waals surface area contributed by atoms with Gasteiger partial charge in [0.1, 0.15) is 11.4 Å². The Morgan fingerprint density at radius 3 is 1.77 bits per heavy atom. The molecule has 3 aromatic heterocycles. The zero-order chi connectivity index (χ0) is 27.5. The van der Waals surface area contributed by atoms with Crippen molar-refractivity contribution in [3.05, 3.63) is 121 Å². The van der Waals surface area contributed by atoms with E-state index in [2.05, 4.69) is 0 Å². The number of amides is 1. The van der Waals surface area contributed by atoms with E-state index in [1.165, 1.54) is 4.90 Å². The summed E-state index contributed by atoms with van der Waals surface area (Å²) in [6, 6.07) is 30.4. The summed E-state index contributed by atoms with van der Waals surface area (Å²) in [5.41, 5.74) is 3.59. The van der Waals surface area contributed by atoms with Gasteiger partial charge in [-0.2, -0.15) is 0 Å². The number of rotatable bonds is 7. The lowest BCUT2D eigenvalue weighted by Gasteiger charge is -2.26. The van der Waals surface area contributed by atoms with Crippen LogP contribution < -0.4 is 4.90 Å². The van der Waals surface area contributed by atoms with Crippen LogP contribution in [0, 0.1) is 0 Å².